The highest BCUT2D eigenvalue weighted by Crippen LogP contribution is 2.00. The van der Waals surface area contributed by atoms with Crippen LogP contribution in [0.25, 0.3) is 0 Å². The molecule has 0 spiro atoms. The summed E-state index contributed by atoms with van der Waals surface area (Å²) in [5, 5.41) is 0. The smallest absolute Gasteiger partial charge is 0.228 e. The molecule has 4 heteroatoms. The lowest BCUT2D eigenvalue weighted by molar-refractivity contribution is -0.780. The first-order chi connectivity index (χ1) is 5.31. The maximum atomic E-state index is 10.8. The molecule has 0 radical (unpaired) electrons. The van der Waals surface area contributed by atoms with Crippen molar-refractivity contribution < 1.29 is 14.6 Å². The van der Waals surface area contributed by atoms with Crippen molar-refractivity contribution in [3.8, 4) is 0 Å². The summed E-state index contributed by atoms with van der Waals surface area (Å²) in [6.07, 6.45) is 5.07. The lowest BCUT2D eigenvalue weighted by Crippen LogP contribution is -2.85. The molecule has 0 atom stereocenters. The summed E-state index contributed by atoms with van der Waals surface area (Å²) in [5.74, 6) is 0.0242. The highest BCUT2D eigenvalue weighted by molar-refractivity contribution is 7.74. The number of amides is 1. The third-order valence-corrected chi connectivity index (χ3v) is 1.57. The van der Waals surface area contributed by atoms with Crippen LogP contribution in [-0.2, 0) is 9.08 Å². The Labute approximate surface area is 73.1 Å². The van der Waals surface area contributed by atoms with E-state index in [1.54, 1.807) is 0 Å². The second-order valence-corrected chi connectivity index (χ2v) is 2.71. The van der Waals surface area contributed by atoms with Gasteiger partial charge in [0.05, 0.1) is 6.42 Å². The van der Waals surface area contributed by atoms with Crippen LogP contribution in [0, 0.1) is 0 Å². The zero-order valence-corrected chi connectivity index (χ0v) is 7.77. The number of unbranched alkanes of at least 4 members (excludes halogenated alkanes) is 3. The molecule has 66 valence electrons. The van der Waals surface area contributed by atoms with Crippen LogP contribution in [0.15, 0.2) is 0 Å². The SMILES string of the molecule is CCCCCCC(=O)[NH2+]OS. The summed E-state index contributed by atoms with van der Waals surface area (Å²) >= 11 is 3.45. The summed E-state index contributed by atoms with van der Waals surface area (Å²) in [6.45, 7) is 2.14. The maximum absolute atomic E-state index is 10.8. The quantitative estimate of drug-likeness (QED) is 0.274. The van der Waals surface area contributed by atoms with Crippen LogP contribution in [0.1, 0.15) is 39.0 Å². The molecule has 0 aromatic rings. The van der Waals surface area contributed by atoms with Crippen LogP contribution in [0.4, 0.5) is 0 Å². The van der Waals surface area contributed by atoms with Gasteiger partial charge in [-0.2, -0.15) is 0 Å². The van der Waals surface area contributed by atoms with Gasteiger partial charge in [0.25, 0.3) is 0 Å². The largest absolute Gasteiger partial charge is 0.343 e. The molecule has 3 nitrogen and oxygen atoms in total. The second-order valence-electron chi connectivity index (χ2n) is 2.50. The predicted molar refractivity (Wildman–Crippen MR) is 45.8 cm³/mol. The van der Waals surface area contributed by atoms with Gasteiger partial charge in [-0.05, 0) is 6.42 Å². The number of hydrogen-bond acceptors (Lipinski definition) is 3. The number of thiol groups is 1. The fourth-order valence-corrected chi connectivity index (χ4v) is 0.961. The van der Waals surface area contributed by atoms with Crippen molar-refractivity contribution in [1.82, 2.24) is 0 Å². The van der Waals surface area contributed by atoms with Crippen molar-refractivity contribution in [1.29, 1.82) is 0 Å². The molecular weight excluding hydrogens is 162 g/mol. The molecule has 1 amide bonds. The van der Waals surface area contributed by atoms with Gasteiger partial charge in [0.15, 0.2) is 0 Å². The van der Waals surface area contributed by atoms with Crippen molar-refractivity contribution in [2.45, 2.75) is 39.0 Å². The first-order valence-electron chi connectivity index (χ1n) is 3.97. The Morgan fingerprint density at radius 1 is 1.45 bits per heavy atom. The molecular formula is C7H16NO2S+. The van der Waals surface area contributed by atoms with Gasteiger partial charge < -0.3 is 0 Å². The van der Waals surface area contributed by atoms with E-state index < -0.39 is 0 Å². The Hall–Kier alpha value is -0.0600. The fraction of sp³-hybridized carbons (Fsp3) is 0.857. The zero-order valence-electron chi connectivity index (χ0n) is 6.88. The minimum absolute atomic E-state index is 0.0242. The number of primary amides is 1. The summed E-state index contributed by atoms with van der Waals surface area (Å²) < 4.78 is 4.28. The van der Waals surface area contributed by atoms with E-state index in [0.29, 0.717) is 6.42 Å². The molecule has 0 aromatic carbocycles. The van der Waals surface area contributed by atoms with E-state index in [2.05, 4.69) is 24.1 Å². The van der Waals surface area contributed by atoms with Gasteiger partial charge in [-0.15, -0.1) is 9.76 Å². The van der Waals surface area contributed by atoms with E-state index in [4.69, 9.17) is 0 Å². The molecule has 0 heterocycles. The van der Waals surface area contributed by atoms with Crippen molar-refractivity contribution in [3.63, 3.8) is 0 Å². The van der Waals surface area contributed by atoms with Crippen molar-refractivity contribution >= 4 is 18.8 Å². The molecule has 0 saturated carbocycles. The van der Waals surface area contributed by atoms with Gasteiger partial charge in [0.1, 0.15) is 0 Å². The molecule has 0 unspecified atom stereocenters. The molecule has 0 saturated heterocycles. The molecule has 0 fully saturated rings. The molecule has 2 N–H and O–H groups in total. The Morgan fingerprint density at radius 3 is 2.73 bits per heavy atom. The first-order valence-corrected chi connectivity index (χ1v) is 4.34. The second kappa shape index (κ2) is 8.04. The van der Waals surface area contributed by atoms with Crippen molar-refractivity contribution in [2.75, 3.05) is 0 Å². The number of carbonyl (C=O) groups excluding carboxylic acids is 1. The summed E-state index contributed by atoms with van der Waals surface area (Å²) in [6, 6.07) is 0. The highest BCUT2D eigenvalue weighted by Gasteiger charge is 2.03. The van der Waals surface area contributed by atoms with Gasteiger partial charge >= 0.3 is 5.91 Å². The van der Waals surface area contributed by atoms with Crippen LogP contribution in [0.2, 0.25) is 0 Å². The zero-order chi connectivity index (χ0) is 8.53. The fourth-order valence-electron chi connectivity index (χ4n) is 0.844. The van der Waals surface area contributed by atoms with Gasteiger partial charge in [-0.3, -0.25) is 0 Å². The van der Waals surface area contributed by atoms with Crippen molar-refractivity contribution in [2.24, 2.45) is 0 Å². The summed E-state index contributed by atoms with van der Waals surface area (Å²) in [7, 11) is 0. The third kappa shape index (κ3) is 7.84. The normalized spacial score (nSPS) is 10.0. The minimum Gasteiger partial charge on any atom is -0.228 e. The number of nitrogens with two attached hydrogens (primary N) is 1. The van der Waals surface area contributed by atoms with Crippen LogP contribution in [0.5, 0.6) is 0 Å². The van der Waals surface area contributed by atoms with Gasteiger partial charge in [-0.25, -0.2) is 4.79 Å². The summed E-state index contributed by atoms with van der Waals surface area (Å²) in [5.41, 5.74) is 1.15. The summed E-state index contributed by atoms with van der Waals surface area (Å²) in [4.78, 5) is 10.8. The molecule has 11 heavy (non-hydrogen) atoms. The lowest BCUT2D eigenvalue weighted by atomic mass is 10.1. The van der Waals surface area contributed by atoms with Crippen molar-refractivity contribution in [3.05, 3.63) is 0 Å². The van der Waals surface area contributed by atoms with Crippen LogP contribution in [0.3, 0.4) is 0 Å². The standard InChI is InChI=1S/C7H15NO2S/c1-2-3-4-5-6-7(9)8-10-11/h11H,2-6H2,1H3,(H,8,9)/p+1. The first kappa shape index (κ1) is 10.9. The average Bonchev–Trinajstić information content (AvgIpc) is 1.99. The average molecular weight is 178 g/mol. The Morgan fingerprint density at radius 2 is 2.18 bits per heavy atom. The van der Waals surface area contributed by atoms with Gasteiger partial charge in [-0.1, -0.05) is 26.2 Å². The highest BCUT2D eigenvalue weighted by atomic mass is 32.1. The topological polar surface area (TPSA) is 42.9 Å². The number of hydrogen-bond donors (Lipinski definition) is 2. The molecule has 0 aliphatic heterocycles. The Kier molecular flexibility index (Phi) is 8.00. The van der Waals surface area contributed by atoms with E-state index in [9.17, 15) is 4.79 Å². The van der Waals surface area contributed by atoms with Crippen LogP contribution in [-0.4, -0.2) is 5.91 Å². The Balaban J connectivity index is 3.04. The monoisotopic (exact) mass is 178 g/mol. The molecule has 0 aromatic heterocycles. The number of hydroxylamine groups is 1. The third-order valence-electron chi connectivity index (χ3n) is 1.46. The lowest BCUT2D eigenvalue weighted by Gasteiger charge is -1.95. The van der Waals surface area contributed by atoms with Crippen LogP contribution < -0.4 is 5.48 Å². The number of quaternary nitrogens is 1. The number of carbonyl (C=O) groups is 1. The Bertz CT molecular complexity index is 109. The van der Waals surface area contributed by atoms with Gasteiger partial charge in [0.2, 0.25) is 0 Å². The maximum Gasteiger partial charge on any atom is 0.343 e. The number of rotatable bonds is 6. The minimum atomic E-state index is 0.0242. The molecule has 0 aliphatic rings. The van der Waals surface area contributed by atoms with Crippen LogP contribution >= 0.6 is 12.9 Å². The van der Waals surface area contributed by atoms with E-state index in [0.717, 1.165) is 18.3 Å². The van der Waals surface area contributed by atoms with E-state index in [-0.39, 0.29) is 5.91 Å². The van der Waals surface area contributed by atoms with E-state index in [1.807, 2.05) is 0 Å². The molecule has 0 bridgehead atoms. The molecule has 0 aliphatic carbocycles. The van der Waals surface area contributed by atoms with E-state index >= 15 is 0 Å². The van der Waals surface area contributed by atoms with E-state index in [1.165, 1.54) is 12.8 Å². The van der Waals surface area contributed by atoms with Gasteiger partial charge in [0, 0.05) is 12.9 Å². The predicted octanol–water partition coefficient (Wildman–Crippen LogP) is 0.823. The molecule has 0 rings (SSSR count).